The molecule has 0 aliphatic carbocycles. The molecule has 2 rings (SSSR count). The van der Waals surface area contributed by atoms with E-state index in [4.69, 9.17) is 0 Å². The Morgan fingerprint density at radius 3 is 2.67 bits per heavy atom. The Kier molecular flexibility index (Phi) is 4.25. The fourth-order valence-corrected chi connectivity index (χ4v) is 2.55. The van der Waals surface area contributed by atoms with E-state index in [-0.39, 0.29) is 18.4 Å². The van der Waals surface area contributed by atoms with Crippen LogP contribution in [0.1, 0.15) is 42.7 Å². The summed E-state index contributed by atoms with van der Waals surface area (Å²) in [5.41, 5.74) is 2.58. The number of carbonyl (C=O) groups excluding carboxylic acids is 1. The van der Waals surface area contributed by atoms with Gasteiger partial charge in [0.05, 0.1) is 18.2 Å². The SMILES string of the molecule is CCn1nc(C)c(C(C)NC(=O)Cc2n[nH]c(=O)[nH]2)c1C. The van der Waals surface area contributed by atoms with E-state index in [1.807, 2.05) is 32.4 Å². The molecule has 1 amide bonds. The summed E-state index contributed by atoms with van der Waals surface area (Å²) in [6.45, 7) is 8.67. The van der Waals surface area contributed by atoms with Crippen molar-refractivity contribution in [2.75, 3.05) is 0 Å². The van der Waals surface area contributed by atoms with Gasteiger partial charge in [-0.15, -0.1) is 0 Å². The number of H-pyrrole nitrogens is 2. The van der Waals surface area contributed by atoms with Crippen LogP contribution in [0.3, 0.4) is 0 Å². The van der Waals surface area contributed by atoms with Gasteiger partial charge in [0.25, 0.3) is 0 Å². The van der Waals surface area contributed by atoms with Gasteiger partial charge in [-0.2, -0.15) is 10.2 Å². The van der Waals surface area contributed by atoms with Crippen LogP contribution in [0.5, 0.6) is 0 Å². The lowest BCUT2D eigenvalue weighted by Gasteiger charge is -2.14. The van der Waals surface area contributed by atoms with E-state index >= 15 is 0 Å². The molecule has 2 aromatic heterocycles. The maximum atomic E-state index is 12.0. The quantitative estimate of drug-likeness (QED) is 0.739. The molecule has 2 aromatic rings. The summed E-state index contributed by atoms with van der Waals surface area (Å²) in [5.74, 6) is 0.121. The Labute approximate surface area is 122 Å². The summed E-state index contributed by atoms with van der Waals surface area (Å²) in [6.07, 6.45) is 0.0308. The van der Waals surface area contributed by atoms with Crippen LogP contribution in [0.2, 0.25) is 0 Å². The van der Waals surface area contributed by atoms with Crippen LogP contribution in [-0.2, 0) is 17.8 Å². The van der Waals surface area contributed by atoms with Gasteiger partial charge in [-0.25, -0.2) is 9.89 Å². The summed E-state index contributed by atoms with van der Waals surface area (Å²) in [5, 5.41) is 13.3. The molecule has 0 radical (unpaired) electrons. The van der Waals surface area contributed by atoms with Gasteiger partial charge in [-0.05, 0) is 27.7 Å². The van der Waals surface area contributed by atoms with Crippen molar-refractivity contribution >= 4 is 5.91 Å². The molecule has 21 heavy (non-hydrogen) atoms. The summed E-state index contributed by atoms with van der Waals surface area (Å²) in [7, 11) is 0. The largest absolute Gasteiger partial charge is 0.349 e. The van der Waals surface area contributed by atoms with Gasteiger partial charge in [0.2, 0.25) is 5.91 Å². The maximum Gasteiger partial charge on any atom is 0.340 e. The van der Waals surface area contributed by atoms with Crippen molar-refractivity contribution in [2.24, 2.45) is 0 Å². The fraction of sp³-hybridized carbons (Fsp3) is 0.538. The van der Waals surface area contributed by atoms with Gasteiger partial charge >= 0.3 is 5.69 Å². The van der Waals surface area contributed by atoms with Crippen LogP contribution in [0.4, 0.5) is 0 Å². The lowest BCUT2D eigenvalue weighted by molar-refractivity contribution is -0.121. The number of nitrogens with zero attached hydrogens (tertiary/aromatic N) is 3. The number of aryl methyl sites for hydroxylation is 2. The first-order chi connectivity index (χ1) is 9.92. The van der Waals surface area contributed by atoms with Crippen molar-refractivity contribution in [2.45, 2.75) is 46.7 Å². The zero-order valence-corrected chi connectivity index (χ0v) is 12.6. The molecule has 8 heteroatoms. The Hall–Kier alpha value is -2.38. The van der Waals surface area contributed by atoms with Crippen molar-refractivity contribution in [3.8, 4) is 0 Å². The van der Waals surface area contributed by atoms with Crippen molar-refractivity contribution < 1.29 is 4.79 Å². The molecule has 114 valence electrons. The molecule has 1 atom stereocenters. The average Bonchev–Trinajstić information content (AvgIpc) is 2.92. The summed E-state index contributed by atoms with van der Waals surface area (Å²) < 4.78 is 1.92. The second-order valence-electron chi connectivity index (χ2n) is 4.99. The van der Waals surface area contributed by atoms with E-state index < -0.39 is 5.69 Å². The predicted molar refractivity (Wildman–Crippen MR) is 76.8 cm³/mol. The Morgan fingerprint density at radius 1 is 1.43 bits per heavy atom. The number of aromatic nitrogens is 5. The second-order valence-corrected chi connectivity index (χ2v) is 4.99. The lowest BCUT2D eigenvalue weighted by atomic mass is 10.1. The zero-order valence-electron chi connectivity index (χ0n) is 12.6. The average molecular weight is 292 g/mol. The van der Waals surface area contributed by atoms with Gasteiger partial charge in [-0.3, -0.25) is 14.5 Å². The van der Waals surface area contributed by atoms with Crippen LogP contribution in [0.15, 0.2) is 4.79 Å². The van der Waals surface area contributed by atoms with E-state index in [1.165, 1.54) is 0 Å². The van der Waals surface area contributed by atoms with E-state index in [1.54, 1.807) is 0 Å². The van der Waals surface area contributed by atoms with Crippen molar-refractivity contribution in [3.05, 3.63) is 33.3 Å². The zero-order chi connectivity index (χ0) is 15.6. The van der Waals surface area contributed by atoms with Gasteiger partial charge in [0.15, 0.2) is 0 Å². The number of hydrogen-bond acceptors (Lipinski definition) is 4. The first-order valence-corrected chi connectivity index (χ1v) is 6.89. The topological polar surface area (TPSA) is 108 Å². The number of carbonyl (C=O) groups is 1. The van der Waals surface area contributed by atoms with Crippen molar-refractivity contribution in [1.82, 2.24) is 30.3 Å². The third-order valence-electron chi connectivity index (χ3n) is 3.43. The minimum atomic E-state index is -0.415. The van der Waals surface area contributed by atoms with E-state index in [2.05, 4.69) is 25.6 Å². The standard InChI is InChI=1S/C13H20N6O2/c1-5-19-9(4)12(8(3)18-19)7(2)14-11(20)6-10-15-13(21)17-16-10/h7H,5-6H2,1-4H3,(H,14,20)(H2,15,16,17,21). The third kappa shape index (κ3) is 3.21. The van der Waals surface area contributed by atoms with E-state index in [0.717, 1.165) is 23.5 Å². The van der Waals surface area contributed by atoms with Crippen molar-refractivity contribution in [3.63, 3.8) is 0 Å². The Bertz CT molecular complexity index is 696. The van der Waals surface area contributed by atoms with Crippen LogP contribution in [0.25, 0.3) is 0 Å². The van der Waals surface area contributed by atoms with Crippen molar-refractivity contribution in [1.29, 1.82) is 0 Å². The van der Waals surface area contributed by atoms with Crippen LogP contribution < -0.4 is 11.0 Å². The number of nitrogens with one attached hydrogen (secondary N) is 3. The smallest absolute Gasteiger partial charge is 0.340 e. The van der Waals surface area contributed by atoms with Crippen LogP contribution in [-0.4, -0.2) is 30.9 Å². The number of rotatable bonds is 5. The molecule has 0 saturated heterocycles. The Balaban J connectivity index is 2.07. The van der Waals surface area contributed by atoms with Gasteiger partial charge in [-0.1, -0.05) is 0 Å². The number of amides is 1. The number of aromatic amines is 2. The molecular weight excluding hydrogens is 272 g/mol. The van der Waals surface area contributed by atoms with E-state index in [9.17, 15) is 9.59 Å². The normalized spacial score (nSPS) is 12.4. The maximum absolute atomic E-state index is 12.0. The summed E-state index contributed by atoms with van der Waals surface area (Å²) in [6, 6.07) is -0.150. The van der Waals surface area contributed by atoms with Crippen LogP contribution in [0, 0.1) is 13.8 Å². The lowest BCUT2D eigenvalue weighted by Crippen LogP contribution is -2.29. The van der Waals surface area contributed by atoms with Gasteiger partial charge in [0.1, 0.15) is 5.82 Å². The molecular formula is C13H20N6O2. The highest BCUT2D eigenvalue weighted by molar-refractivity contribution is 5.78. The minimum absolute atomic E-state index is 0.0308. The molecule has 3 N–H and O–H groups in total. The van der Waals surface area contributed by atoms with Gasteiger partial charge in [0, 0.05) is 17.8 Å². The highest BCUT2D eigenvalue weighted by Gasteiger charge is 2.19. The minimum Gasteiger partial charge on any atom is -0.349 e. The first-order valence-electron chi connectivity index (χ1n) is 6.89. The number of hydrogen-bond donors (Lipinski definition) is 3. The third-order valence-corrected chi connectivity index (χ3v) is 3.43. The fourth-order valence-electron chi connectivity index (χ4n) is 2.55. The molecule has 0 saturated carbocycles. The monoisotopic (exact) mass is 292 g/mol. The second kappa shape index (κ2) is 5.94. The molecule has 0 aliphatic heterocycles. The molecule has 2 heterocycles. The first kappa shape index (κ1) is 15.0. The van der Waals surface area contributed by atoms with Crippen LogP contribution >= 0.6 is 0 Å². The molecule has 0 fully saturated rings. The molecule has 8 nitrogen and oxygen atoms in total. The summed E-state index contributed by atoms with van der Waals surface area (Å²) in [4.78, 5) is 25.4. The highest BCUT2D eigenvalue weighted by Crippen LogP contribution is 2.21. The molecule has 0 aromatic carbocycles. The predicted octanol–water partition coefficient (Wildman–Crippen LogP) is 0.351. The van der Waals surface area contributed by atoms with Gasteiger partial charge < -0.3 is 5.32 Å². The molecule has 1 unspecified atom stereocenters. The molecule has 0 spiro atoms. The summed E-state index contributed by atoms with van der Waals surface area (Å²) >= 11 is 0. The Morgan fingerprint density at radius 2 is 2.14 bits per heavy atom. The molecule has 0 aliphatic rings. The highest BCUT2D eigenvalue weighted by atomic mass is 16.2. The molecule has 0 bridgehead atoms. The van der Waals surface area contributed by atoms with E-state index in [0.29, 0.717) is 5.82 Å².